The number of anilines is 2. The first kappa shape index (κ1) is 13.9. The summed E-state index contributed by atoms with van der Waals surface area (Å²) in [6, 6.07) is 14.5. The fourth-order valence-electron chi connectivity index (χ4n) is 1.69. The van der Waals surface area contributed by atoms with E-state index in [0.717, 1.165) is 0 Å². The number of hydrogen-bond acceptors (Lipinski definition) is 5. The molecule has 102 valence electrons. The highest BCUT2D eigenvalue weighted by atomic mass is 32.2. The summed E-state index contributed by atoms with van der Waals surface area (Å²) in [5.74, 6) is 5.30. The molecule has 2 rings (SSSR count). The highest BCUT2D eigenvalue weighted by Gasteiger charge is 2.19. The van der Waals surface area contributed by atoms with Gasteiger partial charge in [0.15, 0.2) is 0 Å². The first-order chi connectivity index (χ1) is 9.58. The number of nitrogen functional groups attached to an aromatic ring is 1. The lowest BCUT2D eigenvalue weighted by Gasteiger charge is -2.12. The van der Waals surface area contributed by atoms with Crippen molar-refractivity contribution >= 4 is 21.4 Å². The van der Waals surface area contributed by atoms with Gasteiger partial charge in [0.25, 0.3) is 10.0 Å². The summed E-state index contributed by atoms with van der Waals surface area (Å²) >= 11 is 0. The van der Waals surface area contributed by atoms with Crippen LogP contribution in [0.3, 0.4) is 0 Å². The molecule has 6 nitrogen and oxygen atoms in total. The second-order valence-corrected chi connectivity index (χ2v) is 5.55. The molecule has 0 aliphatic rings. The lowest BCUT2D eigenvalue weighted by Crippen LogP contribution is -2.18. The predicted molar refractivity (Wildman–Crippen MR) is 76.2 cm³/mol. The van der Waals surface area contributed by atoms with E-state index in [1.807, 2.05) is 6.07 Å². The molecular weight excluding hydrogens is 276 g/mol. The lowest BCUT2D eigenvalue weighted by molar-refractivity contribution is 0.601. The largest absolute Gasteiger partial charge is 0.323 e. The van der Waals surface area contributed by atoms with Crippen LogP contribution in [0.2, 0.25) is 0 Å². The number of hydrogen-bond donors (Lipinski definition) is 3. The summed E-state index contributed by atoms with van der Waals surface area (Å²) in [5, 5.41) is 8.97. The Morgan fingerprint density at radius 3 is 2.25 bits per heavy atom. The Labute approximate surface area is 116 Å². The third-order valence-electron chi connectivity index (χ3n) is 2.62. The van der Waals surface area contributed by atoms with Gasteiger partial charge >= 0.3 is 0 Å². The van der Waals surface area contributed by atoms with E-state index in [0.29, 0.717) is 0 Å². The lowest BCUT2D eigenvalue weighted by atomic mass is 10.2. The zero-order valence-electron chi connectivity index (χ0n) is 10.4. The number of hydrazine groups is 1. The van der Waals surface area contributed by atoms with Gasteiger partial charge in [-0.1, -0.05) is 24.3 Å². The average molecular weight is 288 g/mol. The number of sulfonamides is 1. The van der Waals surface area contributed by atoms with Crippen LogP contribution in [-0.2, 0) is 10.0 Å². The molecule has 0 heterocycles. The molecule has 2 aromatic carbocycles. The summed E-state index contributed by atoms with van der Waals surface area (Å²) in [6.07, 6.45) is 0. The van der Waals surface area contributed by atoms with E-state index >= 15 is 0 Å². The van der Waals surface area contributed by atoms with Crippen molar-refractivity contribution in [3.8, 4) is 6.07 Å². The van der Waals surface area contributed by atoms with E-state index in [-0.39, 0.29) is 21.8 Å². The number of rotatable bonds is 4. The van der Waals surface area contributed by atoms with Crippen LogP contribution >= 0.6 is 0 Å². The summed E-state index contributed by atoms with van der Waals surface area (Å²) in [5.41, 5.74) is 3.07. The van der Waals surface area contributed by atoms with Gasteiger partial charge in [-0.2, -0.15) is 5.26 Å². The van der Waals surface area contributed by atoms with Crippen LogP contribution in [0.15, 0.2) is 53.4 Å². The molecule has 7 heteroatoms. The van der Waals surface area contributed by atoms with Gasteiger partial charge in [-0.15, -0.1) is 0 Å². The quantitative estimate of drug-likeness (QED) is 0.585. The van der Waals surface area contributed by atoms with Crippen molar-refractivity contribution in [1.29, 1.82) is 5.26 Å². The molecule has 4 N–H and O–H groups in total. The van der Waals surface area contributed by atoms with Gasteiger partial charge in [0, 0.05) is 0 Å². The van der Waals surface area contributed by atoms with E-state index in [4.69, 9.17) is 11.1 Å². The van der Waals surface area contributed by atoms with E-state index in [1.165, 1.54) is 18.2 Å². The summed E-state index contributed by atoms with van der Waals surface area (Å²) in [4.78, 5) is 0.00948. The highest BCUT2D eigenvalue weighted by molar-refractivity contribution is 7.92. The fraction of sp³-hybridized carbons (Fsp3) is 0. The molecule has 0 amide bonds. The van der Waals surface area contributed by atoms with E-state index in [9.17, 15) is 8.42 Å². The van der Waals surface area contributed by atoms with Gasteiger partial charge in [-0.05, 0) is 24.3 Å². The predicted octanol–water partition coefficient (Wildman–Crippen LogP) is 1.64. The maximum Gasteiger partial charge on any atom is 0.264 e. The van der Waals surface area contributed by atoms with Crippen molar-refractivity contribution in [1.82, 2.24) is 0 Å². The van der Waals surface area contributed by atoms with Crippen LogP contribution in [0.25, 0.3) is 0 Å². The Morgan fingerprint density at radius 2 is 1.60 bits per heavy atom. The molecule has 0 fully saturated rings. The Morgan fingerprint density at radius 1 is 1.00 bits per heavy atom. The molecule has 20 heavy (non-hydrogen) atoms. The molecule has 0 aromatic heterocycles. The number of nitrogens with two attached hydrogens (primary N) is 1. The first-order valence-electron chi connectivity index (χ1n) is 5.66. The van der Waals surface area contributed by atoms with Gasteiger partial charge in [-0.3, -0.25) is 10.6 Å². The molecule has 0 unspecified atom stereocenters. The van der Waals surface area contributed by atoms with Crippen molar-refractivity contribution in [3.63, 3.8) is 0 Å². The average Bonchev–Trinajstić information content (AvgIpc) is 2.47. The molecule has 0 radical (unpaired) electrons. The Balaban J connectivity index is 2.44. The summed E-state index contributed by atoms with van der Waals surface area (Å²) < 4.78 is 27.0. The van der Waals surface area contributed by atoms with Crippen LogP contribution in [0.5, 0.6) is 0 Å². The third kappa shape index (κ3) is 2.71. The number of nitriles is 1. The van der Waals surface area contributed by atoms with Gasteiger partial charge in [0.05, 0.1) is 16.9 Å². The number of nitrogens with zero attached hydrogens (tertiary/aromatic N) is 1. The molecule has 2 aromatic rings. The van der Waals surface area contributed by atoms with Crippen molar-refractivity contribution in [2.75, 3.05) is 10.1 Å². The number of nitrogens with one attached hydrogen (secondary N) is 2. The van der Waals surface area contributed by atoms with Crippen LogP contribution in [0.1, 0.15) is 5.56 Å². The van der Waals surface area contributed by atoms with Crippen molar-refractivity contribution in [3.05, 3.63) is 54.1 Å². The first-order valence-corrected chi connectivity index (χ1v) is 7.14. The molecule has 0 atom stereocenters. The minimum atomic E-state index is -3.83. The summed E-state index contributed by atoms with van der Waals surface area (Å²) in [6.45, 7) is 0. The second kappa shape index (κ2) is 5.61. The smallest absolute Gasteiger partial charge is 0.264 e. The van der Waals surface area contributed by atoms with Gasteiger partial charge in [-0.25, -0.2) is 8.42 Å². The van der Waals surface area contributed by atoms with Crippen molar-refractivity contribution in [2.45, 2.75) is 4.90 Å². The van der Waals surface area contributed by atoms with Gasteiger partial charge in [0.1, 0.15) is 11.0 Å². The molecule has 0 aliphatic heterocycles. The molecule has 0 bridgehead atoms. The van der Waals surface area contributed by atoms with E-state index in [1.54, 1.807) is 30.3 Å². The van der Waals surface area contributed by atoms with Crippen LogP contribution in [0, 0.1) is 11.3 Å². The van der Waals surface area contributed by atoms with E-state index < -0.39 is 10.0 Å². The SMILES string of the molecule is N#Cc1ccccc1NS(=O)(=O)c1ccccc1NN. The molecule has 0 saturated heterocycles. The Bertz CT molecular complexity index is 766. The maximum absolute atomic E-state index is 12.3. The highest BCUT2D eigenvalue weighted by Crippen LogP contribution is 2.24. The van der Waals surface area contributed by atoms with Crippen molar-refractivity contribution < 1.29 is 8.42 Å². The van der Waals surface area contributed by atoms with Gasteiger partial charge < -0.3 is 5.43 Å². The monoisotopic (exact) mass is 288 g/mol. The van der Waals surface area contributed by atoms with Crippen LogP contribution in [0.4, 0.5) is 11.4 Å². The summed E-state index contributed by atoms with van der Waals surface area (Å²) in [7, 11) is -3.83. The maximum atomic E-state index is 12.3. The zero-order valence-corrected chi connectivity index (χ0v) is 11.2. The molecule has 0 saturated carbocycles. The van der Waals surface area contributed by atoms with Gasteiger partial charge in [0.2, 0.25) is 0 Å². The third-order valence-corrected chi connectivity index (χ3v) is 4.05. The molecule has 0 aliphatic carbocycles. The minimum Gasteiger partial charge on any atom is -0.323 e. The van der Waals surface area contributed by atoms with Crippen LogP contribution < -0.4 is 16.0 Å². The fourth-order valence-corrected chi connectivity index (χ4v) is 2.94. The number of benzene rings is 2. The topological polar surface area (TPSA) is 108 Å². The second-order valence-electron chi connectivity index (χ2n) is 3.90. The molecule has 0 spiro atoms. The van der Waals surface area contributed by atoms with Crippen molar-refractivity contribution in [2.24, 2.45) is 5.84 Å². The molecular formula is C13H12N4O2S. The standard InChI is InChI=1S/C13H12N4O2S/c14-9-10-5-1-2-6-11(10)17-20(18,19)13-8-4-3-7-12(13)16-15/h1-8,16-17H,15H2. The minimum absolute atomic E-state index is 0.00948. The van der Waals surface area contributed by atoms with E-state index in [2.05, 4.69) is 10.1 Å². The normalized spacial score (nSPS) is 10.6. The zero-order chi connectivity index (χ0) is 14.6. The Hall–Kier alpha value is -2.56. The Kier molecular flexibility index (Phi) is 3.89. The number of para-hydroxylation sites is 2. The van der Waals surface area contributed by atoms with Crippen LogP contribution in [-0.4, -0.2) is 8.42 Å².